The van der Waals surface area contributed by atoms with E-state index in [4.69, 9.17) is 0 Å². The molecule has 1 aromatic carbocycles. The molecule has 1 amide bonds. The monoisotopic (exact) mass is 378 g/mol. The number of nitrogens with zero attached hydrogens (tertiary/aromatic N) is 3. The average Bonchev–Trinajstić information content (AvgIpc) is 3.23. The molecule has 2 aliphatic rings. The van der Waals surface area contributed by atoms with Gasteiger partial charge < -0.3 is 15.1 Å². The highest BCUT2D eigenvalue weighted by Crippen LogP contribution is 2.25. The first-order chi connectivity index (χ1) is 13.6. The van der Waals surface area contributed by atoms with E-state index in [1.165, 1.54) is 42.5 Å². The molecule has 5 nitrogen and oxygen atoms in total. The van der Waals surface area contributed by atoms with Crippen molar-refractivity contribution in [1.82, 2.24) is 9.88 Å². The predicted octanol–water partition coefficient (Wildman–Crippen LogP) is 4.02. The van der Waals surface area contributed by atoms with E-state index >= 15 is 0 Å². The van der Waals surface area contributed by atoms with Crippen LogP contribution in [0.1, 0.15) is 47.2 Å². The molecule has 148 valence electrons. The molecular weight excluding hydrogens is 348 g/mol. The minimum absolute atomic E-state index is 0.0863. The number of carbonyl (C=O) groups is 1. The molecule has 1 aromatic heterocycles. The van der Waals surface area contributed by atoms with Crippen molar-refractivity contribution in [3.8, 4) is 0 Å². The van der Waals surface area contributed by atoms with Crippen LogP contribution in [0.2, 0.25) is 0 Å². The van der Waals surface area contributed by atoms with Gasteiger partial charge in [0.2, 0.25) is 0 Å². The maximum atomic E-state index is 13.0. The van der Waals surface area contributed by atoms with Crippen molar-refractivity contribution in [1.29, 1.82) is 0 Å². The molecule has 2 fully saturated rings. The van der Waals surface area contributed by atoms with Crippen LogP contribution >= 0.6 is 0 Å². The summed E-state index contributed by atoms with van der Waals surface area (Å²) in [5, 5.41) is 3.54. The zero-order valence-corrected chi connectivity index (χ0v) is 16.9. The molecule has 0 bridgehead atoms. The minimum atomic E-state index is 0.0863. The summed E-state index contributed by atoms with van der Waals surface area (Å²) in [6.45, 7) is 7.54. The van der Waals surface area contributed by atoms with Gasteiger partial charge in [0.15, 0.2) is 0 Å². The Morgan fingerprint density at radius 2 is 1.82 bits per heavy atom. The summed E-state index contributed by atoms with van der Waals surface area (Å²) < 4.78 is 0. The lowest BCUT2D eigenvalue weighted by Gasteiger charge is -2.37. The van der Waals surface area contributed by atoms with Crippen molar-refractivity contribution in [2.24, 2.45) is 0 Å². The van der Waals surface area contributed by atoms with Crippen molar-refractivity contribution in [3.63, 3.8) is 0 Å². The number of pyridine rings is 1. The maximum Gasteiger partial charge on any atom is 0.255 e. The van der Waals surface area contributed by atoms with E-state index in [1.807, 2.05) is 17.2 Å². The Balaban J connectivity index is 1.39. The Morgan fingerprint density at radius 1 is 1.07 bits per heavy atom. The molecule has 1 aliphatic carbocycles. The quantitative estimate of drug-likeness (QED) is 0.873. The van der Waals surface area contributed by atoms with Gasteiger partial charge in [0.05, 0.1) is 11.3 Å². The zero-order valence-electron chi connectivity index (χ0n) is 16.9. The van der Waals surface area contributed by atoms with Crippen LogP contribution in [-0.2, 0) is 0 Å². The zero-order chi connectivity index (χ0) is 19.5. The van der Waals surface area contributed by atoms with Crippen molar-refractivity contribution >= 4 is 17.3 Å². The lowest BCUT2D eigenvalue weighted by atomic mass is 10.1. The van der Waals surface area contributed by atoms with E-state index in [1.54, 1.807) is 6.20 Å². The van der Waals surface area contributed by atoms with Gasteiger partial charge in [-0.3, -0.25) is 9.78 Å². The van der Waals surface area contributed by atoms with Crippen LogP contribution in [0, 0.1) is 13.8 Å². The van der Waals surface area contributed by atoms with E-state index in [9.17, 15) is 4.79 Å². The summed E-state index contributed by atoms with van der Waals surface area (Å²) in [4.78, 5) is 21.6. The molecule has 1 saturated carbocycles. The summed E-state index contributed by atoms with van der Waals surface area (Å²) in [7, 11) is 0. The third-order valence-electron chi connectivity index (χ3n) is 6.19. The summed E-state index contributed by atoms with van der Waals surface area (Å²) in [5.74, 6) is 0.0863. The lowest BCUT2D eigenvalue weighted by Crippen LogP contribution is -2.49. The van der Waals surface area contributed by atoms with Crippen LogP contribution in [-0.4, -0.2) is 48.0 Å². The standard InChI is InChI=1S/C23H30N4O/c1-17-6-5-9-22(18(17)2)26-10-12-27(13-11-26)23(28)19-14-21(16-24-15-19)25-20-7-3-4-8-20/h5-6,9,14-16,20,25H,3-4,7-8,10-13H2,1-2H3. The first kappa shape index (κ1) is 18.8. The first-order valence-electron chi connectivity index (χ1n) is 10.4. The molecule has 0 radical (unpaired) electrons. The van der Waals surface area contributed by atoms with Crippen molar-refractivity contribution in [2.45, 2.75) is 45.6 Å². The second kappa shape index (κ2) is 8.21. The molecule has 2 aromatic rings. The third-order valence-corrected chi connectivity index (χ3v) is 6.19. The number of benzene rings is 1. The second-order valence-corrected chi connectivity index (χ2v) is 8.09. The molecule has 4 rings (SSSR count). The van der Waals surface area contributed by atoms with Gasteiger partial charge in [-0.2, -0.15) is 0 Å². The number of amides is 1. The first-order valence-corrected chi connectivity index (χ1v) is 10.4. The van der Waals surface area contributed by atoms with Crippen LogP contribution in [0.15, 0.2) is 36.7 Å². The van der Waals surface area contributed by atoms with Crippen LogP contribution in [0.3, 0.4) is 0 Å². The normalized spacial score (nSPS) is 17.8. The Bertz CT molecular complexity index is 836. The van der Waals surface area contributed by atoms with E-state index < -0.39 is 0 Å². The fourth-order valence-corrected chi connectivity index (χ4v) is 4.35. The van der Waals surface area contributed by atoms with Gasteiger partial charge in [0.1, 0.15) is 0 Å². The number of hydrogen-bond donors (Lipinski definition) is 1. The molecule has 1 N–H and O–H groups in total. The predicted molar refractivity (Wildman–Crippen MR) is 114 cm³/mol. The van der Waals surface area contributed by atoms with E-state index in [0.29, 0.717) is 11.6 Å². The number of carbonyl (C=O) groups excluding carboxylic acids is 1. The molecule has 0 atom stereocenters. The van der Waals surface area contributed by atoms with Crippen LogP contribution in [0.25, 0.3) is 0 Å². The third kappa shape index (κ3) is 3.98. The second-order valence-electron chi connectivity index (χ2n) is 8.09. The molecule has 5 heteroatoms. The largest absolute Gasteiger partial charge is 0.381 e. The topological polar surface area (TPSA) is 48.5 Å². The van der Waals surface area contributed by atoms with Crippen LogP contribution in [0.5, 0.6) is 0 Å². The van der Waals surface area contributed by atoms with Crippen LogP contribution < -0.4 is 10.2 Å². The van der Waals surface area contributed by atoms with Crippen molar-refractivity contribution in [2.75, 3.05) is 36.4 Å². The number of aryl methyl sites for hydroxylation is 1. The summed E-state index contributed by atoms with van der Waals surface area (Å²) >= 11 is 0. The fraction of sp³-hybridized carbons (Fsp3) is 0.478. The Labute approximate surface area is 167 Å². The van der Waals surface area contributed by atoms with Gasteiger partial charge in [-0.05, 0) is 49.9 Å². The summed E-state index contributed by atoms with van der Waals surface area (Å²) in [5.41, 5.74) is 5.58. The van der Waals surface area contributed by atoms with Crippen LogP contribution in [0.4, 0.5) is 11.4 Å². The SMILES string of the molecule is Cc1cccc(N2CCN(C(=O)c3cncc(NC4CCCC4)c3)CC2)c1C. The van der Waals surface area contributed by atoms with E-state index in [2.05, 4.69) is 47.2 Å². The molecule has 0 unspecified atom stereocenters. The van der Waals surface area contributed by atoms with E-state index in [0.717, 1.165) is 31.9 Å². The fourth-order valence-electron chi connectivity index (χ4n) is 4.35. The van der Waals surface area contributed by atoms with Gasteiger partial charge in [-0.1, -0.05) is 25.0 Å². The average molecular weight is 379 g/mol. The Kier molecular flexibility index (Phi) is 5.51. The highest BCUT2D eigenvalue weighted by Gasteiger charge is 2.24. The minimum Gasteiger partial charge on any atom is -0.381 e. The number of hydrogen-bond acceptors (Lipinski definition) is 4. The number of rotatable bonds is 4. The number of aromatic nitrogens is 1. The smallest absolute Gasteiger partial charge is 0.255 e. The van der Waals surface area contributed by atoms with Gasteiger partial charge >= 0.3 is 0 Å². The molecule has 1 saturated heterocycles. The van der Waals surface area contributed by atoms with Crippen molar-refractivity contribution < 1.29 is 4.79 Å². The van der Waals surface area contributed by atoms with Gasteiger partial charge in [0, 0.05) is 50.3 Å². The maximum absolute atomic E-state index is 13.0. The highest BCUT2D eigenvalue weighted by atomic mass is 16.2. The summed E-state index contributed by atoms with van der Waals surface area (Å²) in [6, 6.07) is 8.93. The Morgan fingerprint density at radius 3 is 2.57 bits per heavy atom. The number of nitrogens with one attached hydrogen (secondary N) is 1. The number of piperazine rings is 1. The molecule has 2 heterocycles. The molecule has 0 spiro atoms. The summed E-state index contributed by atoms with van der Waals surface area (Å²) in [6.07, 6.45) is 8.51. The number of anilines is 2. The Hall–Kier alpha value is -2.56. The lowest BCUT2D eigenvalue weighted by molar-refractivity contribution is 0.0746. The molecule has 28 heavy (non-hydrogen) atoms. The highest BCUT2D eigenvalue weighted by molar-refractivity contribution is 5.95. The van der Waals surface area contributed by atoms with Gasteiger partial charge in [-0.15, -0.1) is 0 Å². The van der Waals surface area contributed by atoms with E-state index in [-0.39, 0.29) is 5.91 Å². The molecule has 1 aliphatic heterocycles. The van der Waals surface area contributed by atoms with Crippen molar-refractivity contribution in [3.05, 3.63) is 53.3 Å². The van der Waals surface area contributed by atoms with Gasteiger partial charge in [-0.25, -0.2) is 0 Å². The molecular formula is C23H30N4O. The van der Waals surface area contributed by atoms with Gasteiger partial charge in [0.25, 0.3) is 5.91 Å².